The van der Waals surface area contributed by atoms with Crippen LogP contribution in [-0.4, -0.2) is 63.2 Å². The molecule has 0 spiro atoms. The number of hydrogen-bond donors (Lipinski definition) is 0. The molecule has 5 rings (SSSR count). The second-order valence-corrected chi connectivity index (χ2v) is 9.78. The van der Waals surface area contributed by atoms with Gasteiger partial charge in [-0.1, -0.05) is 49.6 Å². The van der Waals surface area contributed by atoms with Crippen molar-refractivity contribution in [3.05, 3.63) is 47.7 Å². The van der Waals surface area contributed by atoms with E-state index in [0.29, 0.717) is 0 Å². The van der Waals surface area contributed by atoms with E-state index in [2.05, 4.69) is 14.9 Å². The Labute approximate surface area is 196 Å². The van der Waals surface area contributed by atoms with Gasteiger partial charge in [-0.3, -0.25) is 9.48 Å². The largest absolute Gasteiger partial charge is 0.337 e. The van der Waals surface area contributed by atoms with Crippen molar-refractivity contribution in [3.8, 4) is 11.3 Å². The third-order valence-electron chi connectivity index (χ3n) is 7.39. The normalized spacial score (nSPS) is 18.5. The molecule has 174 valence electrons. The molecule has 1 saturated heterocycles. The van der Waals surface area contributed by atoms with Crippen molar-refractivity contribution in [2.75, 3.05) is 32.7 Å². The third kappa shape index (κ3) is 4.67. The fourth-order valence-corrected chi connectivity index (χ4v) is 5.63. The Morgan fingerprint density at radius 1 is 1.00 bits per heavy atom. The minimum atomic E-state index is 0.107. The molecule has 0 unspecified atom stereocenters. The maximum atomic E-state index is 13.9. The lowest BCUT2D eigenvalue weighted by molar-refractivity contribution is 0.0762. The third-order valence-corrected chi connectivity index (χ3v) is 7.39. The van der Waals surface area contributed by atoms with Gasteiger partial charge >= 0.3 is 0 Å². The van der Waals surface area contributed by atoms with Crippen LogP contribution in [0.5, 0.6) is 0 Å². The summed E-state index contributed by atoms with van der Waals surface area (Å²) >= 11 is 0. The number of hydrogen-bond acceptors (Lipinski definition) is 4. The van der Waals surface area contributed by atoms with Gasteiger partial charge in [0.15, 0.2) is 5.65 Å². The van der Waals surface area contributed by atoms with Gasteiger partial charge in [-0.2, -0.15) is 5.10 Å². The van der Waals surface area contributed by atoms with Gasteiger partial charge < -0.3 is 9.80 Å². The van der Waals surface area contributed by atoms with Gasteiger partial charge in [0.1, 0.15) is 0 Å². The van der Waals surface area contributed by atoms with Crippen molar-refractivity contribution in [1.29, 1.82) is 0 Å². The number of rotatable bonds is 4. The van der Waals surface area contributed by atoms with E-state index >= 15 is 0 Å². The first kappa shape index (κ1) is 22.1. The van der Waals surface area contributed by atoms with Gasteiger partial charge in [0.2, 0.25) is 0 Å². The summed E-state index contributed by atoms with van der Waals surface area (Å²) in [6.45, 7) is 6.82. The summed E-state index contributed by atoms with van der Waals surface area (Å²) in [5.41, 5.74) is 4.19. The topological polar surface area (TPSA) is 54.3 Å². The second-order valence-electron chi connectivity index (χ2n) is 9.78. The van der Waals surface area contributed by atoms with Crippen molar-refractivity contribution in [3.63, 3.8) is 0 Å². The zero-order valence-corrected chi connectivity index (χ0v) is 20.0. The van der Waals surface area contributed by atoms with Crippen LogP contribution >= 0.6 is 0 Å². The fraction of sp³-hybridized carbons (Fsp3) is 0.519. The van der Waals surface area contributed by atoms with E-state index in [1.807, 2.05) is 50.4 Å². The Bertz CT molecular complexity index is 1120. The standard InChI is InChI=1S/C27H35N5O/c1-20-25-23(18-24(22-12-7-4-8-13-22)28-26(25)30(2)29-20)27(33)32-15-9-14-31(16-17-32)19-21-10-5-3-6-11-21/h4,7-8,12-13,18,21H,3,5-6,9-11,14-17,19H2,1-2H3. The Kier molecular flexibility index (Phi) is 6.45. The van der Waals surface area contributed by atoms with Gasteiger partial charge in [-0.05, 0) is 44.7 Å². The van der Waals surface area contributed by atoms with Gasteiger partial charge in [0.25, 0.3) is 5.91 Å². The number of aromatic nitrogens is 3. The average molecular weight is 446 g/mol. The predicted molar refractivity (Wildman–Crippen MR) is 132 cm³/mol. The summed E-state index contributed by atoms with van der Waals surface area (Å²) in [5.74, 6) is 0.947. The Morgan fingerprint density at radius 3 is 2.58 bits per heavy atom. The zero-order valence-electron chi connectivity index (χ0n) is 20.0. The van der Waals surface area contributed by atoms with Crippen LogP contribution in [0.25, 0.3) is 22.3 Å². The molecule has 0 N–H and O–H groups in total. The zero-order chi connectivity index (χ0) is 22.8. The van der Waals surface area contributed by atoms with Crippen LogP contribution in [0.3, 0.4) is 0 Å². The lowest BCUT2D eigenvalue weighted by Gasteiger charge is -2.28. The number of fused-ring (bicyclic) bond motifs is 1. The maximum Gasteiger partial charge on any atom is 0.254 e. The van der Waals surface area contributed by atoms with Crippen LogP contribution in [0.1, 0.15) is 54.6 Å². The summed E-state index contributed by atoms with van der Waals surface area (Å²) in [4.78, 5) is 23.4. The quantitative estimate of drug-likeness (QED) is 0.586. The van der Waals surface area contributed by atoms with E-state index in [9.17, 15) is 4.79 Å². The molecule has 1 aliphatic carbocycles. The number of amides is 1. The van der Waals surface area contributed by atoms with Crippen LogP contribution in [-0.2, 0) is 7.05 Å². The Balaban J connectivity index is 1.40. The Morgan fingerprint density at radius 2 is 1.79 bits per heavy atom. The SMILES string of the molecule is Cc1nn(C)c2nc(-c3ccccc3)cc(C(=O)N3CCCN(CC4CCCCC4)CC3)c12. The van der Waals surface area contributed by atoms with Crippen molar-refractivity contribution in [2.45, 2.75) is 45.4 Å². The van der Waals surface area contributed by atoms with Crippen molar-refractivity contribution in [1.82, 2.24) is 24.6 Å². The molecule has 0 atom stereocenters. The highest BCUT2D eigenvalue weighted by molar-refractivity contribution is 6.07. The lowest BCUT2D eigenvalue weighted by atomic mass is 9.89. The molecule has 0 bridgehead atoms. The predicted octanol–water partition coefficient (Wildman–Crippen LogP) is 4.67. The molecule has 1 aliphatic heterocycles. The van der Waals surface area contributed by atoms with Crippen LogP contribution in [0.2, 0.25) is 0 Å². The summed E-state index contributed by atoms with van der Waals surface area (Å²) in [5, 5.41) is 5.46. The molecule has 2 aromatic heterocycles. The first-order chi connectivity index (χ1) is 16.1. The van der Waals surface area contributed by atoms with Crippen LogP contribution in [0.15, 0.2) is 36.4 Å². The van der Waals surface area contributed by atoms with Crippen molar-refractivity contribution in [2.24, 2.45) is 13.0 Å². The molecule has 1 saturated carbocycles. The summed E-state index contributed by atoms with van der Waals surface area (Å²) in [6.07, 6.45) is 7.94. The molecule has 1 amide bonds. The van der Waals surface area contributed by atoms with Gasteiger partial charge in [0, 0.05) is 38.8 Å². The van der Waals surface area contributed by atoms with E-state index < -0.39 is 0 Å². The highest BCUT2D eigenvalue weighted by Crippen LogP contribution is 2.28. The lowest BCUT2D eigenvalue weighted by Crippen LogP contribution is -2.37. The molecule has 33 heavy (non-hydrogen) atoms. The van der Waals surface area contributed by atoms with E-state index in [0.717, 1.165) is 72.1 Å². The smallest absolute Gasteiger partial charge is 0.254 e. The first-order valence-electron chi connectivity index (χ1n) is 12.5. The van der Waals surface area contributed by atoms with Crippen LogP contribution in [0, 0.1) is 12.8 Å². The first-order valence-corrected chi connectivity index (χ1v) is 12.5. The fourth-order valence-electron chi connectivity index (χ4n) is 5.63. The summed E-state index contributed by atoms with van der Waals surface area (Å²) in [7, 11) is 1.90. The summed E-state index contributed by atoms with van der Waals surface area (Å²) < 4.78 is 1.79. The molecule has 0 radical (unpaired) electrons. The van der Waals surface area contributed by atoms with E-state index in [1.165, 1.54) is 38.6 Å². The van der Waals surface area contributed by atoms with Gasteiger partial charge in [-0.15, -0.1) is 0 Å². The van der Waals surface area contributed by atoms with Crippen LogP contribution in [0.4, 0.5) is 0 Å². The number of aryl methyl sites for hydroxylation is 2. The van der Waals surface area contributed by atoms with Crippen molar-refractivity contribution < 1.29 is 4.79 Å². The number of carbonyl (C=O) groups is 1. The van der Waals surface area contributed by atoms with E-state index in [4.69, 9.17) is 4.98 Å². The van der Waals surface area contributed by atoms with Gasteiger partial charge in [-0.25, -0.2) is 4.98 Å². The van der Waals surface area contributed by atoms with E-state index in [1.54, 1.807) is 4.68 Å². The molecule has 3 aromatic rings. The molecule has 3 heterocycles. The average Bonchev–Trinajstić information content (AvgIpc) is 3.00. The molecule has 2 fully saturated rings. The summed E-state index contributed by atoms with van der Waals surface area (Å²) in [6, 6.07) is 12.1. The minimum Gasteiger partial charge on any atom is -0.337 e. The highest BCUT2D eigenvalue weighted by atomic mass is 16.2. The molecule has 6 nitrogen and oxygen atoms in total. The number of carbonyl (C=O) groups excluding carboxylic acids is 1. The molecular formula is C27H35N5O. The molecule has 6 heteroatoms. The number of nitrogens with zero attached hydrogens (tertiary/aromatic N) is 5. The van der Waals surface area contributed by atoms with Gasteiger partial charge in [0.05, 0.1) is 22.3 Å². The molecule has 2 aliphatic rings. The van der Waals surface area contributed by atoms with Crippen LogP contribution < -0.4 is 0 Å². The Hall–Kier alpha value is -2.73. The molecule has 1 aromatic carbocycles. The minimum absolute atomic E-state index is 0.107. The number of benzene rings is 1. The van der Waals surface area contributed by atoms with E-state index in [-0.39, 0.29) is 5.91 Å². The monoisotopic (exact) mass is 445 g/mol. The molecular weight excluding hydrogens is 410 g/mol. The maximum absolute atomic E-state index is 13.9. The van der Waals surface area contributed by atoms with Crippen molar-refractivity contribution >= 4 is 16.9 Å². The number of pyridine rings is 1. The second kappa shape index (κ2) is 9.64. The highest BCUT2D eigenvalue weighted by Gasteiger charge is 2.26.